The van der Waals surface area contributed by atoms with Crippen molar-refractivity contribution in [2.24, 2.45) is 5.73 Å². The molecule has 132 valence electrons. The minimum absolute atomic E-state index is 0.0953. The molecule has 2 aromatic rings. The van der Waals surface area contributed by atoms with Gasteiger partial charge in [-0.3, -0.25) is 0 Å². The number of hydrogen-bond acceptors (Lipinski definition) is 6. The van der Waals surface area contributed by atoms with Gasteiger partial charge in [0, 0.05) is 31.4 Å². The van der Waals surface area contributed by atoms with Crippen LogP contribution in [0.3, 0.4) is 0 Å². The molecule has 3 rings (SSSR count). The number of ether oxygens (including phenoxy) is 2. The van der Waals surface area contributed by atoms with Gasteiger partial charge in [0.1, 0.15) is 17.4 Å². The number of carbonyl (C=O) groups is 1. The molecule has 6 nitrogen and oxygen atoms in total. The van der Waals surface area contributed by atoms with E-state index in [4.69, 9.17) is 15.2 Å². The number of carbonyl (C=O) groups excluding carboxylic acids is 1. The van der Waals surface area contributed by atoms with Crippen LogP contribution in [0.15, 0.2) is 53.9 Å². The minimum atomic E-state index is -0.407. The van der Waals surface area contributed by atoms with Gasteiger partial charge in [-0.05, 0) is 23.8 Å². The zero-order valence-electron chi connectivity index (χ0n) is 14.8. The van der Waals surface area contributed by atoms with Gasteiger partial charge >= 0.3 is 5.97 Å². The van der Waals surface area contributed by atoms with Crippen LogP contribution in [-0.4, -0.2) is 27.2 Å². The third-order valence-electron chi connectivity index (χ3n) is 4.38. The van der Waals surface area contributed by atoms with Gasteiger partial charge in [-0.2, -0.15) is 5.26 Å². The quantitative estimate of drug-likeness (QED) is 0.857. The Morgan fingerprint density at radius 2 is 1.92 bits per heavy atom. The second-order valence-electron chi connectivity index (χ2n) is 6.15. The summed E-state index contributed by atoms with van der Waals surface area (Å²) in [5.41, 5.74) is 9.47. The number of rotatable bonds is 3. The van der Waals surface area contributed by atoms with Crippen LogP contribution in [0, 0.1) is 11.3 Å². The number of methoxy groups -OCH3 is 1. The standard InChI is InChI=1S/C20H19N3O3/c1-23(2)14-8-9-15-17(10-14)26-19(22)16(11-21)18(15)12-4-6-13(7-5-12)20(24)25-3/h4-10,18H,22H2,1-3H3/t18-/m1/s1. The maximum Gasteiger partial charge on any atom is 0.337 e. The van der Waals surface area contributed by atoms with E-state index in [-0.39, 0.29) is 11.8 Å². The van der Waals surface area contributed by atoms with Crippen LogP contribution >= 0.6 is 0 Å². The molecule has 0 fully saturated rings. The number of nitrogens with zero attached hydrogens (tertiary/aromatic N) is 2. The summed E-state index contributed by atoms with van der Waals surface area (Å²) in [4.78, 5) is 13.6. The predicted molar refractivity (Wildman–Crippen MR) is 97.8 cm³/mol. The highest BCUT2D eigenvalue weighted by atomic mass is 16.5. The third-order valence-corrected chi connectivity index (χ3v) is 4.38. The fraction of sp³-hybridized carbons (Fsp3) is 0.200. The van der Waals surface area contributed by atoms with E-state index in [1.165, 1.54) is 7.11 Å². The Bertz CT molecular complexity index is 924. The van der Waals surface area contributed by atoms with Crippen LogP contribution in [0.1, 0.15) is 27.4 Å². The fourth-order valence-corrected chi connectivity index (χ4v) is 2.99. The zero-order valence-corrected chi connectivity index (χ0v) is 14.8. The molecular formula is C20H19N3O3. The van der Waals surface area contributed by atoms with E-state index in [0.29, 0.717) is 16.9 Å². The lowest BCUT2D eigenvalue weighted by molar-refractivity contribution is 0.0600. The van der Waals surface area contributed by atoms with E-state index in [1.54, 1.807) is 24.3 Å². The molecule has 0 bridgehead atoms. The molecule has 1 aliphatic heterocycles. The molecule has 2 aromatic carbocycles. The van der Waals surface area contributed by atoms with E-state index in [0.717, 1.165) is 16.8 Å². The molecule has 0 saturated carbocycles. The van der Waals surface area contributed by atoms with Crippen molar-refractivity contribution in [2.45, 2.75) is 5.92 Å². The minimum Gasteiger partial charge on any atom is -0.465 e. The van der Waals surface area contributed by atoms with E-state index < -0.39 is 5.97 Å². The van der Waals surface area contributed by atoms with Gasteiger partial charge in [-0.25, -0.2) is 4.79 Å². The van der Waals surface area contributed by atoms with Gasteiger partial charge in [0.2, 0.25) is 5.88 Å². The number of nitrogens with two attached hydrogens (primary N) is 1. The van der Waals surface area contributed by atoms with Crippen LogP contribution in [0.5, 0.6) is 5.75 Å². The van der Waals surface area contributed by atoms with Crippen molar-refractivity contribution in [3.8, 4) is 11.8 Å². The molecule has 0 amide bonds. The van der Waals surface area contributed by atoms with Crippen molar-refractivity contribution in [3.05, 3.63) is 70.6 Å². The number of anilines is 1. The molecule has 0 saturated heterocycles. The van der Waals surface area contributed by atoms with Crippen LogP contribution < -0.4 is 15.4 Å². The molecule has 1 heterocycles. The first-order chi connectivity index (χ1) is 12.5. The molecule has 0 unspecified atom stereocenters. The summed E-state index contributed by atoms with van der Waals surface area (Å²) in [6.07, 6.45) is 0. The Labute approximate surface area is 152 Å². The highest BCUT2D eigenvalue weighted by Crippen LogP contribution is 2.43. The number of benzene rings is 2. The Hall–Kier alpha value is -3.46. The Morgan fingerprint density at radius 1 is 1.23 bits per heavy atom. The average Bonchev–Trinajstić information content (AvgIpc) is 2.65. The Balaban J connectivity index is 2.10. The molecule has 0 aromatic heterocycles. The summed E-state index contributed by atoms with van der Waals surface area (Å²) in [5.74, 6) is -0.0468. The van der Waals surface area contributed by atoms with E-state index in [2.05, 4.69) is 6.07 Å². The van der Waals surface area contributed by atoms with Crippen molar-refractivity contribution >= 4 is 11.7 Å². The highest BCUT2D eigenvalue weighted by Gasteiger charge is 2.31. The molecule has 0 radical (unpaired) electrons. The van der Waals surface area contributed by atoms with Crippen LogP contribution in [0.25, 0.3) is 0 Å². The number of hydrogen-bond donors (Lipinski definition) is 1. The van der Waals surface area contributed by atoms with Crippen LogP contribution in [0.2, 0.25) is 0 Å². The third kappa shape index (κ3) is 2.95. The molecule has 2 N–H and O–H groups in total. The number of allylic oxidation sites excluding steroid dienone is 1. The van der Waals surface area contributed by atoms with Gasteiger partial charge < -0.3 is 20.1 Å². The summed E-state index contributed by atoms with van der Waals surface area (Å²) < 4.78 is 10.4. The van der Waals surface area contributed by atoms with Crippen molar-refractivity contribution < 1.29 is 14.3 Å². The summed E-state index contributed by atoms with van der Waals surface area (Å²) in [6.45, 7) is 0. The maximum atomic E-state index is 11.6. The summed E-state index contributed by atoms with van der Waals surface area (Å²) >= 11 is 0. The lowest BCUT2D eigenvalue weighted by Gasteiger charge is -2.27. The van der Waals surface area contributed by atoms with Gasteiger partial charge in [-0.15, -0.1) is 0 Å². The first-order valence-electron chi connectivity index (χ1n) is 8.03. The van der Waals surface area contributed by atoms with Gasteiger partial charge in [0.25, 0.3) is 0 Å². The fourth-order valence-electron chi connectivity index (χ4n) is 2.99. The molecular weight excluding hydrogens is 330 g/mol. The first kappa shape index (κ1) is 17.4. The summed E-state index contributed by atoms with van der Waals surface area (Å²) in [5, 5.41) is 9.59. The van der Waals surface area contributed by atoms with Crippen molar-refractivity contribution in [2.75, 3.05) is 26.1 Å². The van der Waals surface area contributed by atoms with Gasteiger partial charge in [-0.1, -0.05) is 18.2 Å². The van der Waals surface area contributed by atoms with Crippen molar-refractivity contribution in [3.63, 3.8) is 0 Å². The largest absolute Gasteiger partial charge is 0.465 e. The monoisotopic (exact) mass is 349 g/mol. The molecule has 26 heavy (non-hydrogen) atoms. The van der Waals surface area contributed by atoms with E-state index in [1.807, 2.05) is 37.2 Å². The maximum absolute atomic E-state index is 11.6. The zero-order chi connectivity index (χ0) is 18.8. The Kier molecular flexibility index (Phi) is 4.55. The molecule has 0 spiro atoms. The first-order valence-corrected chi connectivity index (χ1v) is 8.03. The smallest absolute Gasteiger partial charge is 0.337 e. The number of esters is 1. The summed E-state index contributed by atoms with van der Waals surface area (Å²) in [6, 6.07) is 14.9. The summed E-state index contributed by atoms with van der Waals surface area (Å²) in [7, 11) is 5.21. The molecule has 1 atom stereocenters. The molecule has 6 heteroatoms. The van der Waals surface area contributed by atoms with Gasteiger partial charge in [0.05, 0.1) is 18.6 Å². The van der Waals surface area contributed by atoms with E-state index >= 15 is 0 Å². The average molecular weight is 349 g/mol. The van der Waals surface area contributed by atoms with Crippen molar-refractivity contribution in [1.29, 1.82) is 5.26 Å². The predicted octanol–water partition coefficient (Wildman–Crippen LogP) is 2.76. The number of nitriles is 1. The second kappa shape index (κ2) is 6.81. The topological polar surface area (TPSA) is 88.6 Å². The lowest BCUT2D eigenvalue weighted by Crippen LogP contribution is -2.21. The molecule has 1 aliphatic rings. The lowest BCUT2D eigenvalue weighted by atomic mass is 9.83. The van der Waals surface area contributed by atoms with Crippen molar-refractivity contribution in [1.82, 2.24) is 0 Å². The number of fused-ring (bicyclic) bond motifs is 1. The van der Waals surface area contributed by atoms with E-state index in [9.17, 15) is 10.1 Å². The second-order valence-corrected chi connectivity index (χ2v) is 6.15. The normalized spacial score (nSPS) is 15.5. The van der Waals surface area contributed by atoms with Gasteiger partial charge in [0.15, 0.2) is 0 Å². The van der Waals surface area contributed by atoms with Crippen LogP contribution in [-0.2, 0) is 4.74 Å². The SMILES string of the molecule is COC(=O)c1ccc([C@H]2C(C#N)=C(N)Oc3cc(N(C)C)ccc32)cc1. The Morgan fingerprint density at radius 3 is 2.50 bits per heavy atom. The molecule has 0 aliphatic carbocycles. The highest BCUT2D eigenvalue weighted by molar-refractivity contribution is 5.89. The van der Waals surface area contributed by atoms with Crippen LogP contribution in [0.4, 0.5) is 5.69 Å².